The Morgan fingerprint density at radius 1 is 1.21 bits per heavy atom. The Kier molecular flexibility index (Phi) is 8.20. The highest BCUT2D eigenvalue weighted by Crippen LogP contribution is 2.40. The number of carboxylic acid groups (broad SMARTS) is 1. The number of aromatic nitrogens is 2. The standard InChI is InChI=1S/C25H33N3O4S2/c1-6-7-23(27-25(29)30)34(31,32)24-22(14-20(33-24)12-16(2)3)21-9-8-19(13-17(21)4)15-28-11-10-26-18(28)5/h8-11,13-14,16,23,27H,6-7,12,15H2,1-5H3,(H,29,30). The monoisotopic (exact) mass is 503 g/mol. The molecule has 2 aromatic heterocycles. The molecular formula is C25H33N3O4S2. The molecule has 1 atom stereocenters. The first-order valence-electron chi connectivity index (χ1n) is 11.5. The van der Waals surface area contributed by atoms with Gasteiger partial charge in [-0.3, -0.25) is 0 Å². The summed E-state index contributed by atoms with van der Waals surface area (Å²) >= 11 is 1.26. The molecule has 0 radical (unpaired) electrons. The molecule has 2 heterocycles. The maximum Gasteiger partial charge on any atom is 0.405 e. The van der Waals surface area contributed by atoms with Crippen LogP contribution in [0, 0.1) is 19.8 Å². The summed E-state index contributed by atoms with van der Waals surface area (Å²) in [4.78, 5) is 16.6. The van der Waals surface area contributed by atoms with Crippen molar-refractivity contribution in [3.63, 3.8) is 0 Å². The number of thiophene rings is 1. The van der Waals surface area contributed by atoms with E-state index >= 15 is 0 Å². The molecule has 3 aromatic rings. The molecular weight excluding hydrogens is 470 g/mol. The molecule has 0 bridgehead atoms. The summed E-state index contributed by atoms with van der Waals surface area (Å²) < 4.78 is 29.6. The number of rotatable bonds is 10. The zero-order chi connectivity index (χ0) is 25.0. The third kappa shape index (κ3) is 5.88. The van der Waals surface area contributed by atoms with E-state index in [4.69, 9.17) is 0 Å². The van der Waals surface area contributed by atoms with Gasteiger partial charge < -0.3 is 15.0 Å². The summed E-state index contributed by atoms with van der Waals surface area (Å²) in [5.41, 5.74) is 3.57. The molecule has 1 aromatic carbocycles. The topological polar surface area (TPSA) is 101 Å². The molecule has 0 aliphatic heterocycles. The van der Waals surface area contributed by atoms with Crippen molar-refractivity contribution in [3.05, 3.63) is 58.5 Å². The normalized spacial score (nSPS) is 12.8. The lowest BCUT2D eigenvalue weighted by atomic mass is 9.99. The summed E-state index contributed by atoms with van der Waals surface area (Å²) in [5, 5.41) is 10.3. The Bertz CT molecular complexity index is 1260. The first-order valence-corrected chi connectivity index (χ1v) is 13.8. The van der Waals surface area contributed by atoms with Gasteiger partial charge in [0.25, 0.3) is 0 Å². The molecule has 0 saturated heterocycles. The van der Waals surface area contributed by atoms with Crippen LogP contribution in [-0.2, 0) is 22.8 Å². The third-order valence-electron chi connectivity index (χ3n) is 5.68. The smallest absolute Gasteiger partial charge is 0.405 e. The van der Waals surface area contributed by atoms with Gasteiger partial charge in [0.15, 0.2) is 0 Å². The maximum absolute atomic E-state index is 13.7. The fourth-order valence-corrected chi connectivity index (χ4v) is 7.83. The lowest BCUT2D eigenvalue weighted by Crippen LogP contribution is -2.39. The number of nitrogens with one attached hydrogen (secondary N) is 1. The minimum atomic E-state index is -3.91. The average molecular weight is 504 g/mol. The fourth-order valence-electron chi connectivity index (χ4n) is 4.05. The van der Waals surface area contributed by atoms with Crippen LogP contribution in [0.25, 0.3) is 11.1 Å². The summed E-state index contributed by atoms with van der Waals surface area (Å²) in [6, 6.07) is 8.01. The Morgan fingerprint density at radius 2 is 1.94 bits per heavy atom. The predicted octanol–water partition coefficient (Wildman–Crippen LogP) is 5.64. The number of nitrogens with zero attached hydrogens (tertiary/aromatic N) is 2. The molecule has 34 heavy (non-hydrogen) atoms. The Labute approximate surface area is 205 Å². The number of sulfone groups is 1. The van der Waals surface area contributed by atoms with Gasteiger partial charge in [-0.25, -0.2) is 18.2 Å². The van der Waals surface area contributed by atoms with E-state index in [2.05, 4.69) is 34.8 Å². The molecule has 0 saturated carbocycles. The molecule has 0 aliphatic rings. The van der Waals surface area contributed by atoms with Crippen molar-refractivity contribution in [2.24, 2.45) is 5.92 Å². The van der Waals surface area contributed by atoms with E-state index in [-0.39, 0.29) is 10.6 Å². The van der Waals surface area contributed by atoms with Crippen molar-refractivity contribution in [1.29, 1.82) is 0 Å². The molecule has 184 valence electrons. The van der Waals surface area contributed by atoms with Gasteiger partial charge in [-0.1, -0.05) is 45.4 Å². The van der Waals surface area contributed by atoms with Crippen LogP contribution in [0.15, 0.2) is 40.9 Å². The molecule has 0 aliphatic carbocycles. The van der Waals surface area contributed by atoms with Gasteiger partial charge in [0, 0.05) is 29.4 Å². The van der Waals surface area contributed by atoms with Crippen molar-refractivity contribution in [2.75, 3.05) is 0 Å². The van der Waals surface area contributed by atoms with Crippen LogP contribution in [-0.4, -0.2) is 34.5 Å². The van der Waals surface area contributed by atoms with Gasteiger partial charge >= 0.3 is 6.09 Å². The molecule has 1 amide bonds. The van der Waals surface area contributed by atoms with Crippen molar-refractivity contribution >= 4 is 27.3 Å². The minimum Gasteiger partial charge on any atom is -0.465 e. The molecule has 0 spiro atoms. The van der Waals surface area contributed by atoms with E-state index in [1.54, 1.807) is 6.20 Å². The minimum absolute atomic E-state index is 0.216. The molecule has 3 rings (SSSR count). The van der Waals surface area contributed by atoms with E-state index in [0.717, 1.165) is 33.8 Å². The molecule has 1 unspecified atom stereocenters. The number of hydrogen-bond donors (Lipinski definition) is 2. The van der Waals surface area contributed by atoms with E-state index in [1.165, 1.54) is 11.3 Å². The van der Waals surface area contributed by atoms with Gasteiger partial charge in [0.05, 0.1) is 0 Å². The van der Waals surface area contributed by atoms with E-state index in [1.807, 2.05) is 45.2 Å². The van der Waals surface area contributed by atoms with Crippen molar-refractivity contribution in [1.82, 2.24) is 14.9 Å². The van der Waals surface area contributed by atoms with Crippen LogP contribution in [0.3, 0.4) is 0 Å². The third-order valence-corrected chi connectivity index (χ3v) is 9.42. The van der Waals surface area contributed by atoms with Crippen molar-refractivity contribution < 1.29 is 18.3 Å². The first-order chi connectivity index (χ1) is 16.0. The largest absolute Gasteiger partial charge is 0.465 e. The number of amides is 1. The van der Waals surface area contributed by atoms with E-state index < -0.39 is 21.3 Å². The highest BCUT2D eigenvalue weighted by molar-refractivity contribution is 7.94. The predicted molar refractivity (Wildman–Crippen MR) is 136 cm³/mol. The van der Waals surface area contributed by atoms with Crippen molar-refractivity contribution in [2.45, 2.75) is 70.0 Å². The highest BCUT2D eigenvalue weighted by Gasteiger charge is 2.33. The average Bonchev–Trinajstić information content (AvgIpc) is 3.33. The lowest BCUT2D eigenvalue weighted by molar-refractivity contribution is 0.192. The number of benzene rings is 1. The zero-order valence-corrected chi connectivity index (χ0v) is 22.0. The summed E-state index contributed by atoms with van der Waals surface area (Å²) in [7, 11) is -3.91. The molecule has 7 nitrogen and oxygen atoms in total. The quantitative estimate of drug-likeness (QED) is 0.373. The Hall–Kier alpha value is -2.65. The molecule has 0 fully saturated rings. The summed E-state index contributed by atoms with van der Waals surface area (Å²) in [5.74, 6) is 1.30. The lowest BCUT2D eigenvalue weighted by Gasteiger charge is -2.18. The van der Waals surface area contributed by atoms with Gasteiger partial charge in [0.1, 0.15) is 15.4 Å². The Balaban J connectivity index is 2.07. The fraction of sp³-hybridized carbons (Fsp3) is 0.440. The van der Waals surface area contributed by atoms with Gasteiger partial charge in [-0.05, 0) is 55.4 Å². The summed E-state index contributed by atoms with van der Waals surface area (Å²) in [6.45, 7) is 10.7. The van der Waals surface area contributed by atoms with Gasteiger partial charge in [-0.15, -0.1) is 11.3 Å². The maximum atomic E-state index is 13.7. The van der Waals surface area contributed by atoms with Crippen LogP contribution >= 0.6 is 11.3 Å². The number of hydrogen-bond acceptors (Lipinski definition) is 5. The van der Waals surface area contributed by atoms with Crippen LogP contribution in [0.1, 0.15) is 55.4 Å². The second-order valence-electron chi connectivity index (χ2n) is 9.04. The van der Waals surface area contributed by atoms with E-state index in [9.17, 15) is 18.3 Å². The van der Waals surface area contributed by atoms with Gasteiger partial charge in [0.2, 0.25) is 9.84 Å². The Morgan fingerprint density at radius 3 is 2.50 bits per heavy atom. The SMILES string of the molecule is CCCC(NC(=O)O)S(=O)(=O)c1sc(CC(C)C)cc1-c1ccc(Cn2ccnc2C)cc1C. The first kappa shape index (κ1) is 26.0. The van der Waals surface area contributed by atoms with Crippen LogP contribution < -0.4 is 5.32 Å². The second kappa shape index (κ2) is 10.7. The zero-order valence-electron chi connectivity index (χ0n) is 20.3. The number of imidazole rings is 1. The van der Waals surface area contributed by atoms with Crippen LogP contribution in [0.5, 0.6) is 0 Å². The molecule has 9 heteroatoms. The van der Waals surface area contributed by atoms with E-state index in [0.29, 0.717) is 24.4 Å². The van der Waals surface area contributed by atoms with Gasteiger partial charge in [-0.2, -0.15) is 0 Å². The number of carbonyl (C=O) groups is 1. The summed E-state index contributed by atoms with van der Waals surface area (Å²) in [6.07, 6.45) is 3.89. The van der Waals surface area contributed by atoms with Crippen LogP contribution in [0.4, 0.5) is 4.79 Å². The van der Waals surface area contributed by atoms with Crippen molar-refractivity contribution in [3.8, 4) is 11.1 Å². The second-order valence-corrected chi connectivity index (χ2v) is 12.5. The highest BCUT2D eigenvalue weighted by atomic mass is 32.2. The molecule has 2 N–H and O–H groups in total. The van der Waals surface area contributed by atoms with Crippen LogP contribution in [0.2, 0.25) is 0 Å². The number of aryl methyl sites for hydroxylation is 2.